The molecule has 0 saturated carbocycles. The summed E-state index contributed by atoms with van der Waals surface area (Å²) >= 11 is 1.25. The van der Waals surface area contributed by atoms with Crippen LogP contribution >= 0.6 is 11.8 Å². The van der Waals surface area contributed by atoms with Crippen LogP contribution in [0.15, 0.2) is 29.0 Å². The number of nitrogens with zero attached hydrogens (tertiary/aromatic N) is 1. The summed E-state index contributed by atoms with van der Waals surface area (Å²) in [6, 6.07) is 5.34. The highest BCUT2D eigenvalue weighted by Crippen LogP contribution is 2.32. The van der Waals surface area contributed by atoms with E-state index in [1.165, 1.54) is 18.0 Å². The summed E-state index contributed by atoms with van der Waals surface area (Å²) in [5.74, 6) is 0.781. The standard InChI is InChI=1S/C12H13NO5S/c14-7-5-19-12(11(16)10(7)15)18-8-3-1-2-6-4-17-13-9(6)8/h1-4,7,10-12,14-16H,5H2/t7-,10+,11-,12-/m1/s1. The molecule has 6 nitrogen and oxygen atoms in total. The van der Waals surface area contributed by atoms with E-state index in [-0.39, 0.29) is 0 Å². The van der Waals surface area contributed by atoms with Crippen molar-refractivity contribution in [1.29, 1.82) is 0 Å². The van der Waals surface area contributed by atoms with Gasteiger partial charge in [-0.3, -0.25) is 0 Å². The normalized spacial score (nSPS) is 31.5. The van der Waals surface area contributed by atoms with Crippen LogP contribution in [0.5, 0.6) is 5.75 Å². The number of thioether (sulfide) groups is 1. The number of aromatic nitrogens is 1. The maximum absolute atomic E-state index is 9.89. The van der Waals surface area contributed by atoms with E-state index in [1.807, 2.05) is 6.07 Å². The molecule has 1 aromatic heterocycles. The lowest BCUT2D eigenvalue weighted by Crippen LogP contribution is -2.50. The van der Waals surface area contributed by atoms with E-state index in [0.29, 0.717) is 17.0 Å². The van der Waals surface area contributed by atoms with Crippen LogP contribution in [0.4, 0.5) is 0 Å². The lowest BCUT2D eigenvalue weighted by atomic mass is 10.1. The highest BCUT2D eigenvalue weighted by atomic mass is 32.2. The number of aliphatic hydroxyl groups is 3. The van der Waals surface area contributed by atoms with Gasteiger partial charge in [-0.05, 0) is 12.1 Å². The Morgan fingerprint density at radius 1 is 1.26 bits per heavy atom. The van der Waals surface area contributed by atoms with Gasteiger partial charge in [0.25, 0.3) is 0 Å². The van der Waals surface area contributed by atoms with Crippen molar-refractivity contribution in [3.8, 4) is 5.75 Å². The van der Waals surface area contributed by atoms with E-state index in [1.54, 1.807) is 12.1 Å². The largest absolute Gasteiger partial charge is 0.475 e. The Labute approximate surface area is 113 Å². The summed E-state index contributed by atoms with van der Waals surface area (Å²) in [5, 5.41) is 33.6. The van der Waals surface area contributed by atoms with E-state index in [0.717, 1.165) is 5.39 Å². The third-order valence-electron chi connectivity index (χ3n) is 3.05. The minimum Gasteiger partial charge on any atom is -0.475 e. The minimum absolute atomic E-state index is 0.303. The van der Waals surface area contributed by atoms with Gasteiger partial charge in [-0.2, -0.15) is 0 Å². The molecular weight excluding hydrogens is 270 g/mol. The second kappa shape index (κ2) is 5.01. The Kier molecular flexibility index (Phi) is 3.36. The van der Waals surface area contributed by atoms with Gasteiger partial charge < -0.3 is 24.6 Å². The molecular formula is C12H13NO5S. The molecule has 1 saturated heterocycles. The molecule has 4 atom stereocenters. The molecule has 1 aliphatic heterocycles. The van der Waals surface area contributed by atoms with Crippen molar-refractivity contribution in [3.05, 3.63) is 24.5 Å². The van der Waals surface area contributed by atoms with Crippen LogP contribution in [0.25, 0.3) is 10.9 Å². The van der Waals surface area contributed by atoms with Crippen molar-refractivity contribution in [1.82, 2.24) is 5.16 Å². The highest BCUT2D eigenvalue weighted by molar-refractivity contribution is 7.99. The van der Waals surface area contributed by atoms with Crippen molar-refractivity contribution >= 4 is 22.7 Å². The second-order valence-electron chi connectivity index (χ2n) is 4.38. The van der Waals surface area contributed by atoms with Crippen LogP contribution in [0.3, 0.4) is 0 Å². The zero-order chi connectivity index (χ0) is 13.4. The Morgan fingerprint density at radius 2 is 2.11 bits per heavy atom. The number of rotatable bonds is 2. The molecule has 1 aromatic carbocycles. The molecule has 0 bridgehead atoms. The third-order valence-corrected chi connectivity index (χ3v) is 4.29. The van der Waals surface area contributed by atoms with Gasteiger partial charge in [0.05, 0.1) is 6.10 Å². The molecule has 0 radical (unpaired) electrons. The van der Waals surface area contributed by atoms with E-state index >= 15 is 0 Å². The number of fused-ring (bicyclic) bond motifs is 1. The van der Waals surface area contributed by atoms with Gasteiger partial charge in [0, 0.05) is 11.1 Å². The van der Waals surface area contributed by atoms with E-state index in [4.69, 9.17) is 9.26 Å². The topological polar surface area (TPSA) is 96.0 Å². The Morgan fingerprint density at radius 3 is 2.95 bits per heavy atom. The summed E-state index contributed by atoms with van der Waals surface area (Å²) < 4.78 is 10.5. The molecule has 0 amide bonds. The molecule has 1 aliphatic rings. The van der Waals surface area contributed by atoms with Gasteiger partial charge in [0.2, 0.25) is 0 Å². The van der Waals surface area contributed by atoms with Crippen LogP contribution in [0.1, 0.15) is 0 Å². The van der Waals surface area contributed by atoms with E-state index < -0.39 is 23.7 Å². The summed E-state index contributed by atoms with van der Waals surface area (Å²) in [7, 11) is 0. The number of benzene rings is 1. The second-order valence-corrected chi connectivity index (χ2v) is 5.51. The molecule has 3 N–H and O–H groups in total. The molecule has 2 aromatic rings. The molecule has 2 heterocycles. The summed E-state index contributed by atoms with van der Waals surface area (Å²) in [6.07, 6.45) is -1.80. The fourth-order valence-corrected chi connectivity index (χ4v) is 3.09. The first kappa shape index (κ1) is 12.7. The molecule has 3 rings (SSSR count). The van der Waals surface area contributed by atoms with Gasteiger partial charge in [-0.1, -0.05) is 11.2 Å². The predicted octanol–water partition coefficient (Wildman–Crippen LogP) is 0.362. The number of hydrogen-bond donors (Lipinski definition) is 3. The van der Waals surface area contributed by atoms with Crippen molar-refractivity contribution in [2.24, 2.45) is 0 Å². The number of aliphatic hydroxyl groups excluding tert-OH is 3. The van der Waals surface area contributed by atoms with Crippen molar-refractivity contribution in [2.45, 2.75) is 23.7 Å². The predicted molar refractivity (Wildman–Crippen MR) is 68.9 cm³/mol. The van der Waals surface area contributed by atoms with Gasteiger partial charge in [0.1, 0.15) is 18.5 Å². The minimum atomic E-state index is -1.21. The zero-order valence-electron chi connectivity index (χ0n) is 9.84. The average molecular weight is 283 g/mol. The average Bonchev–Trinajstić information content (AvgIpc) is 2.89. The van der Waals surface area contributed by atoms with E-state index in [9.17, 15) is 15.3 Å². The summed E-state index contributed by atoms with van der Waals surface area (Å²) in [5.41, 5.74) is -0.0865. The van der Waals surface area contributed by atoms with Crippen molar-refractivity contribution < 1.29 is 24.6 Å². The van der Waals surface area contributed by atoms with Gasteiger partial charge in [0.15, 0.2) is 16.7 Å². The van der Waals surface area contributed by atoms with Crippen LogP contribution in [0, 0.1) is 0 Å². The van der Waals surface area contributed by atoms with Crippen LogP contribution in [0.2, 0.25) is 0 Å². The molecule has 1 fully saturated rings. The quantitative estimate of drug-likeness (QED) is 0.732. The fraction of sp³-hybridized carbons (Fsp3) is 0.417. The lowest BCUT2D eigenvalue weighted by molar-refractivity contribution is -0.0784. The van der Waals surface area contributed by atoms with Gasteiger partial charge >= 0.3 is 0 Å². The van der Waals surface area contributed by atoms with Crippen molar-refractivity contribution in [3.63, 3.8) is 0 Å². The van der Waals surface area contributed by atoms with Gasteiger partial charge in [-0.25, -0.2) is 0 Å². The monoisotopic (exact) mass is 283 g/mol. The van der Waals surface area contributed by atoms with Gasteiger partial charge in [-0.15, -0.1) is 11.8 Å². The third kappa shape index (κ3) is 2.30. The maximum Gasteiger partial charge on any atom is 0.173 e. The lowest BCUT2D eigenvalue weighted by Gasteiger charge is -2.34. The fourth-order valence-electron chi connectivity index (χ4n) is 1.97. The first-order chi connectivity index (χ1) is 9.16. The SMILES string of the molecule is O[C@@H]1[C@@H](O)[C@H](Oc2cccc3conc23)SC[C@H]1O. The van der Waals surface area contributed by atoms with Crippen LogP contribution in [-0.2, 0) is 0 Å². The molecule has 0 unspecified atom stereocenters. The molecule has 102 valence electrons. The molecule has 19 heavy (non-hydrogen) atoms. The molecule has 0 aliphatic carbocycles. The highest BCUT2D eigenvalue weighted by Gasteiger charge is 2.38. The number of ether oxygens (including phenoxy) is 1. The molecule has 7 heteroatoms. The Bertz CT molecular complexity index is 574. The smallest absolute Gasteiger partial charge is 0.173 e. The van der Waals surface area contributed by atoms with Crippen molar-refractivity contribution in [2.75, 3.05) is 5.75 Å². The van der Waals surface area contributed by atoms with E-state index in [2.05, 4.69) is 5.16 Å². The first-order valence-electron chi connectivity index (χ1n) is 5.82. The summed E-state index contributed by atoms with van der Waals surface area (Å²) in [4.78, 5) is 0. The van der Waals surface area contributed by atoms with Crippen LogP contribution < -0.4 is 4.74 Å². The Balaban J connectivity index is 1.83. The maximum atomic E-state index is 9.89. The zero-order valence-corrected chi connectivity index (χ0v) is 10.7. The Hall–Kier alpha value is -1.28. The first-order valence-corrected chi connectivity index (χ1v) is 6.87. The molecule has 0 spiro atoms. The summed E-state index contributed by atoms with van der Waals surface area (Å²) in [6.45, 7) is 0. The van der Waals surface area contributed by atoms with Crippen LogP contribution in [-0.4, -0.2) is 50.0 Å². The number of hydrogen-bond acceptors (Lipinski definition) is 7.